The van der Waals surface area contributed by atoms with Crippen LogP contribution in [0.15, 0.2) is 12.1 Å². The van der Waals surface area contributed by atoms with Crippen molar-refractivity contribution in [2.45, 2.75) is 40.8 Å². The van der Waals surface area contributed by atoms with Gasteiger partial charge in [0.1, 0.15) is 5.75 Å². The third-order valence-electron chi connectivity index (χ3n) is 2.58. The molecule has 0 unspecified atom stereocenters. The number of carbonyl (C=O) groups is 1. The van der Waals surface area contributed by atoms with E-state index in [9.17, 15) is 9.82 Å². The van der Waals surface area contributed by atoms with Gasteiger partial charge >= 0.3 is 13.1 Å². The molecule has 0 amide bonds. The third kappa shape index (κ3) is 5.38. The summed E-state index contributed by atoms with van der Waals surface area (Å²) in [5.41, 5.74) is 7.82. The molecule has 1 aromatic rings. The van der Waals surface area contributed by atoms with Gasteiger partial charge in [0.25, 0.3) is 0 Å². The maximum atomic E-state index is 10.4. The molecule has 4 N–H and O–H groups in total. The number of hydrogen-bond donors (Lipinski definition) is 3. The van der Waals surface area contributed by atoms with Gasteiger partial charge in [0.05, 0.1) is 6.61 Å². The SMILES string of the molecule is CC.CC.NCc1cc(OCC(=O)O)cc2c1COB2O. The predicted molar refractivity (Wildman–Crippen MR) is 82.6 cm³/mol. The Morgan fingerprint density at radius 2 is 2.00 bits per heavy atom. The van der Waals surface area contributed by atoms with Gasteiger partial charge in [-0.25, -0.2) is 4.79 Å². The van der Waals surface area contributed by atoms with Crippen LogP contribution in [0.5, 0.6) is 5.75 Å². The standard InChI is InChI=1S/C10H12BNO5.2C2H6/c12-3-6-1-7(16-5-10(13)14)2-9-8(6)4-17-11(9)15;2*1-2/h1-2,15H,3-5,12H2,(H,13,14);2*1-2H3. The van der Waals surface area contributed by atoms with Crippen LogP contribution >= 0.6 is 0 Å². The number of rotatable bonds is 4. The van der Waals surface area contributed by atoms with E-state index >= 15 is 0 Å². The minimum absolute atomic E-state index is 0.280. The van der Waals surface area contributed by atoms with Gasteiger partial charge in [0.15, 0.2) is 6.61 Å². The largest absolute Gasteiger partial charge is 0.491 e. The van der Waals surface area contributed by atoms with Gasteiger partial charge in [-0.2, -0.15) is 0 Å². The van der Waals surface area contributed by atoms with Crippen molar-refractivity contribution in [3.8, 4) is 5.75 Å². The fraction of sp³-hybridized carbons (Fsp3) is 0.500. The van der Waals surface area contributed by atoms with Crippen molar-refractivity contribution >= 4 is 18.6 Å². The zero-order valence-corrected chi connectivity index (χ0v) is 13.0. The molecule has 0 saturated carbocycles. The van der Waals surface area contributed by atoms with Crippen LogP contribution in [0.25, 0.3) is 0 Å². The number of fused-ring (bicyclic) bond motifs is 1. The number of carboxylic acids is 1. The van der Waals surface area contributed by atoms with Gasteiger partial charge in [-0.1, -0.05) is 27.7 Å². The third-order valence-corrected chi connectivity index (χ3v) is 2.58. The molecule has 0 aliphatic carbocycles. The zero-order chi connectivity index (χ0) is 16.4. The minimum Gasteiger partial charge on any atom is -0.482 e. The van der Waals surface area contributed by atoms with Crippen molar-refractivity contribution in [1.82, 2.24) is 0 Å². The average molecular weight is 297 g/mol. The summed E-state index contributed by atoms with van der Waals surface area (Å²) in [6.07, 6.45) is 0. The molecule has 1 aliphatic rings. The van der Waals surface area contributed by atoms with Crippen LogP contribution in [0, 0.1) is 0 Å². The second kappa shape index (κ2) is 10.2. The molecule has 0 aromatic heterocycles. The number of benzene rings is 1. The summed E-state index contributed by atoms with van der Waals surface area (Å²) in [4.78, 5) is 10.4. The number of carboxylic acid groups (broad SMARTS) is 1. The second-order valence-electron chi connectivity index (χ2n) is 3.70. The highest BCUT2D eigenvalue weighted by atomic mass is 16.5. The van der Waals surface area contributed by atoms with Crippen LogP contribution in [-0.4, -0.2) is 29.8 Å². The smallest absolute Gasteiger partial charge is 0.482 e. The van der Waals surface area contributed by atoms with Crippen LogP contribution in [0.4, 0.5) is 0 Å². The Labute approximate surface area is 126 Å². The van der Waals surface area contributed by atoms with Crippen molar-refractivity contribution in [1.29, 1.82) is 0 Å². The fourth-order valence-corrected chi connectivity index (χ4v) is 1.79. The van der Waals surface area contributed by atoms with Crippen LogP contribution in [0.3, 0.4) is 0 Å². The molecule has 2 rings (SSSR count). The molecule has 1 aliphatic heterocycles. The van der Waals surface area contributed by atoms with Crippen molar-refractivity contribution in [2.24, 2.45) is 5.73 Å². The maximum Gasteiger partial charge on any atom is 0.491 e. The summed E-state index contributed by atoms with van der Waals surface area (Å²) in [5.74, 6) is -0.687. The molecule has 0 radical (unpaired) electrons. The Morgan fingerprint density at radius 3 is 2.52 bits per heavy atom. The minimum atomic E-state index is -1.06. The van der Waals surface area contributed by atoms with E-state index in [4.69, 9.17) is 20.2 Å². The first-order valence-electron chi connectivity index (χ1n) is 7.12. The second-order valence-corrected chi connectivity index (χ2v) is 3.70. The molecule has 0 fully saturated rings. The Kier molecular flexibility index (Phi) is 9.44. The molecule has 21 heavy (non-hydrogen) atoms. The summed E-state index contributed by atoms with van der Waals surface area (Å²) in [6.45, 7) is 8.16. The Balaban J connectivity index is 0.000000921. The van der Waals surface area contributed by atoms with Crippen LogP contribution in [0.2, 0.25) is 0 Å². The monoisotopic (exact) mass is 297 g/mol. The average Bonchev–Trinajstić information content (AvgIpc) is 2.90. The molecule has 0 saturated heterocycles. The quantitative estimate of drug-likeness (QED) is 0.713. The normalized spacial score (nSPS) is 11.6. The topological polar surface area (TPSA) is 102 Å². The number of ether oxygens (including phenoxy) is 1. The van der Waals surface area contributed by atoms with Gasteiger partial charge in [-0.3, -0.25) is 0 Å². The van der Waals surface area contributed by atoms with E-state index in [0.29, 0.717) is 17.8 Å². The lowest BCUT2D eigenvalue weighted by Gasteiger charge is -2.10. The molecule has 0 atom stereocenters. The van der Waals surface area contributed by atoms with Gasteiger partial charge < -0.3 is 25.3 Å². The van der Waals surface area contributed by atoms with Crippen LogP contribution in [0.1, 0.15) is 38.8 Å². The molecule has 0 spiro atoms. The first-order valence-corrected chi connectivity index (χ1v) is 7.12. The Morgan fingerprint density at radius 1 is 1.38 bits per heavy atom. The van der Waals surface area contributed by atoms with Gasteiger partial charge in [-0.05, 0) is 28.7 Å². The Bertz CT molecular complexity index is 453. The van der Waals surface area contributed by atoms with Crippen LogP contribution < -0.4 is 15.9 Å². The Hall–Kier alpha value is -1.57. The molecule has 0 bridgehead atoms. The number of hydrogen-bond acceptors (Lipinski definition) is 5. The molecule has 1 aromatic carbocycles. The molecular weight excluding hydrogens is 273 g/mol. The van der Waals surface area contributed by atoms with Crippen molar-refractivity contribution in [3.63, 3.8) is 0 Å². The summed E-state index contributed by atoms with van der Waals surface area (Å²) >= 11 is 0. The summed E-state index contributed by atoms with van der Waals surface area (Å²) < 4.78 is 10.1. The lowest BCUT2D eigenvalue weighted by atomic mass is 9.78. The summed E-state index contributed by atoms with van der Waals surface area (Å²) in [6, 6.07) is 3.25. The van der Waals surface area contributed by atoms with Crippen molar-refractivity contribution in [3.05, 3.63) is 23.3 Å². The highest BCUT2D eigenvalue weighted by Crippen LogP contribution is 2.21. The number of aliphatic carboxylic acids is 1. The predicted octanol–water partition coefficient (Wildman–Crippen LogP) is 0.879. The van der Waals surface area contributed by atoms with E-state index in [2.05, 4.69) is 0 Å². The highest BCUT2D eigenvalue weighted by molar-refractivity contribution is 6.61. The van der Waals surface area contributed by atoms with Crippen molar-refractivity contribution in [2.75, 3.05) is 6.61 Å². The van der Waals surface area contributed by atoms with E-state index in [0.717, 1.165) is 11.1 Å². The molecule has 6 nitrogen and oxygen atoms in total. The highest BCUT2D eigenvalue weighted by Gasteiger charge is 2.29. The molecule has 1 heterocycles. The fourth-order valence-electron chi connectivity index (χ4n) is 1.79. The summed E-state index contributed by atoms with van der Waals surface area (Å²) in [7, 11) is -0.997. The van der Waals surface area contributed by atoms with Gasteiger partial charge in [0.2, 0.25) is 0 Å². The van der Waals surface area contributed by atoms with Gasteiger partial charge in [0, 0.05) is 6.54 Å². The van der Waals surface area contributed by atoms with E-state index < -0.39 is 19.7 Å². The van der Waals surface area contributed by atoms with Crippen LogP contribution in [-0.2, 0) is 22.6 Å². The lowest BCUT2D eigenvalue weighted by Crippen LogP contribution is -2.29. The molecule has 118 valence electrons. The van der Waals surface area contributed by atoms with E-state index in [1.807, 2.05) is 27.7 Å². The van der Waals surface area contributed by atoms with E-state index in [1.54, 1.807) is 12.1 Å². The molecular formula is C14H24BNO5. The maximum absolute atomic E-state index is 10.4. The van der Waals surface area contributed by atoms with E-state index in [-0.39, 0.29) is 6.54 Å². The molecule has 7 heteroatoms. The lowest BCUT2D eigenvalue weighted by molar-refractivity contribution is -0.139. The summed E-state index contributed by atoms with van der Waals surface area (Å²) in [5, 5.41) is 18.1. The zero-order valence-electron chi connectivity index (χ0n) is 13.0. The first-order chi connectivity index (χ1) is 10.1. The van der Waals surface area contributed by atoms with E-state index in [1.165, 1.54) is 0 Å². The first kappa shape index (κ1) is 19.4. The van der Waals surface area contributed by atoms with Crippen molar-refractivity contribution < 1.29 is 24.3 Å². The number of nitrogens with two attached hydrogens (primary N) is 1. The van der Waals surface area contributed by atoms with Gasteiger partial charge in [-0.15, -0.1) is 0 Å².